The molecule has 1 aliphatic rings. The van der Waals surface area contributed by atoms with Gasteiger partial charge in [0.2, 0.25) is 0 Å². The number of ether oxygens (including phenoxy) is 1. The average molecular weight is 168 g/mol. The van der Waals surface area contributed by atoms with Crippen LogP contribution in [0.5, 0.6) is 0 Å². The van der Waals surface area contributed by atoms with Crippen LogP contribution >= 0.6 is 0 Å². The number of nitrogens with one attached hydrogen (secondary N) is 1. The number of hydrogen-bond acceptors (Lipinski definition) is 3. The molecular weight excluding hydrogens is 152 g/mol. The Bertz CT molecular complexity index is 177. The SMILES string of the molecule is CC(C)NC1(C#N)CCOCC1. The van der Waals surface area contributed by atoms with Crippen molar-refractivity contribution in [1.29, 1.82) is 5.26 Å². The second-order valence-corrected chi connectivity index (χ2v) is 3.61. The van der Waals surface area contributed by atoms with Gasteiger partial charge < -0.3 is 4.74 Å². The van der Waals surface area contributed by atoms with E-state index in [1.165, 1.54) is 0 Å². The van der Waals surface area contributed by atoms with Gasteiger partial charge in [0, 0.05) is 32.1 Å². The summed E-state index contributed by atoms with van der Waals surface area (Å²) < 4.78 is 5.22. The quantitative estimate of drug-likeness (QED) is 0.670. The summed E-state index contributed by atoms with van der Waals surface area (Å²) in [6.45, 7) is 5.53. The molecule has 1 aliphatic heterocycles. The van der Waals surface area contributed by atoms with Gasteiger partial charge >= 0.3 is 0 Å². The van der Waals surface area contributed by atoms with Gasteiger partial charge in [-0.05, 0) is 13.8 Å². The predicted molar refractivity (Wildman–Crippen MR) is 46.7 cm³/mol. The highest BCUT2D eigenvalue weighted by molar-refractivity contribution is 5.08. The predicted octanol–water partition coefficient (Wildman–Crippen LogP) is 1.06. The Hall–Kier alpha value is -0.590. The summed E-state index contributed by atoms with van der Waals surface area (Å²) in [5.74, 6) is 0. The van der Waals surface area contributed by atoms with E-state index in [9.17, 15) is 0 Å². The maximum atomic E-state index is 9.02. The van der Waals surface area contributed by atoms with Crippen LogP contribution in [0.4, 0.5) is 0 Å². The summed E-state index contributed by atoms with van der Waals surface area (Å²) in [4.78, 5) is 0. The zero-order valence-electron chi connectivity index (χ0n) is 7.76. The van der Waals surface area contributed by atoms with E-state index in [0.717, 1.165) is 12.8 Å². The second kappa shape index (κ2) is 3.88. The molecule has 3 heteroatoms. The summed E-state index contributed by atoms with van der Waals surface area (Å²) >= 11 is 0. The molecule has 1 saturated heterocycles. The maximum Gasteiger partial charge on any atom is 0.111 e. The molecule has 0 aliphatic carbocycles. The minimum atomic E-state index is -0.327. The minimum absolute atomic E-state index is 0.327. The van der Waals surface area contributed by atoms with Crippen molar-refractivity contribution in [1.82, 2.24) is 5.32 Å². The Morgan fingerprint density at radius 3 is 2.42 bits per heavy atom. The number of hydrogen-bond donors (Lipinski definition) is 1. The molecule has 0 aromatic rings. The first kappa shape index (κ1) is 9.50. The summed E-state index contributed by atoms with van der Waals surface area (Å²) in [5, 5.41) is 12.3. The molecule has 12 heavy (non-hydrogen) atoms. The normalized spacial score (nSPS) is 22.2. The fraction of sp³-hybridized carbons (Fsp3) is 0.889. The molecule has 1 heterocycles. The fourth-order valence-corrected chi connectivity index (χ4v) is 1.56. The highest BCUT2D eigenvalue weighted by Crippen LogP contribution is 2.20. The van der Waals surface area contributed by atoms with Crippen LogP contribution in [-0.4, -0.2) is 24.8 Å². The monoisotopic (exact) mass is 168 g/mol. The highest BCUT2D eigenvalue weighted by atomic mass is 16.5. The lowest BCUT2D eigenvalue weighted by Gasteiger charge is -2.33. The van der Waals surface area contributed by atoms with Gasteiger partial charge in [0.1, 0.15) is 5.54 Å². The molecule has 1 rings (SSSR count). The lowest BCUT2D eigenvalue weighted by atomic mass is 9.91. The minimum Gasteiger partial charge on any atom is -0.381 e. The van der Waals surface area contributed by atoms with E-state index >= 15 is 0 Å². The fourth-order valence-electron chi connectivity index (χ4n) is 1.56. The Kier molecular flexibility index (Phi) is 3.07. The molecule has 0 saturated carbocycles. The third-order valence-electron chi connectivity index (χ3n) is 2.13. The molecular formula is C9H16N2O. The number of rotatable bonds is 2. The van der Waals surface area contributed by atoms with Gasteiger partial charge in [-0.2, -0.15) is 5.26 Å². The third-order valence-corrected chi connectivity index (χ3v) is 2.13. The zero-order valence-corrected chi connectivity index (χ0v) is 7.76. The van der Waals surface area contributed by atoms with Crippen molar-refractivity contribution in [3.8, 4) is 6.07 Å². The Labute approximate surface area is 73.7 Å². The largest absolute Gasteiger partial charge is 0.381 e. The van der Waals surface area contributed by atoms with Gasteiger partial charge in [-0.1, -0.05) is 0 Å². The number of nitriles is 1. The van der Waals surface area contributed by atoms with Crippen molar-refractivity contribution in [3.05, 3.63) is 0 Å². The van der Waals surface area contributed by atoms with Crippen molar-refractivity contribution in [2.75, 3.05) is 13.2 Å². The Balaban J connectivity index is 2.55. The molecule has 0 atom stereocenters. The van der Waals surface area contributed by atoms with Gasteiger partial charge in [0.05, 0.1) is 6.07 Å². The number of nitrogens with zero attached hydrogens (tertiary/aromatic N) is 1. The van der Waals surface area contributed by atoms with Crippen LogP contribution in [0.15, 0.2) is 0 Å². The Morgan fingerprint density at radius 2 is 2.00 bits per heavy atom. The van der Waals surface area contributed by atoms with Crippen molar-refractivity contribution in [2.24, 2.45) is 0 Å². The van der Waals surface area contributed by atoms with Gasteiger partial charge in [-0.3, -0.25) is 5.32 Å². The summed E-state index contributed by atoms with van der Waals surface area (Å²) in [7, 11) is 0. The van der Waals surface area contributed by atoms with Crippen LogP contribution in [0, 0.1) is 11.3 Å². The lowest BCUT2D eigenvalue weighted by Crippen LogP contribution is -2.51. The molecule has 3 nitrogen and oxygen atoms in total. The van der Waals surface area contributed by atoms with Gasteiger partial charge in [-0.25, -0.2) is 0 Å². The topological polar surface area (TPSA) is 45.0 Å². The molecule has 0 radical (unpaired) electrons. The van der Waals surface area contributed by atoms with Gasteiger partial charge in [0.15, 0.2) is 0 Å². The van der Waals surface area contributed by atoms with E-state index in [4.69, 9.17) is 10.00 Å². The van der Waals surface area contributed by atoms with E-state index in [0.29, 0.717) is 19.3 Å². The standard InChI is InChI=1S/C9H16N2O/c1-8(2)11-9(7-10)3-5-12-6-4-9/h8,11H,3-6H2,1-2H3. The third kappa shape index (κ3) is 2.20. The zero-order chi connectivity index (χ0) is 9.03. The van der Waals surface area contributed by atoms with Crippen molar-refractivity contribution >= 4 is 0 Å². The molecule has 0 unspecified atom stereocenters. The van der Waals surface area contributed by atoms with Gasteiger partial charge in [-0.15, -0.1) is 0 Å². The first-order valence-corrected chi connectivity index (χ1v) is 4.45. The highest BCUT2D eigenvalue weighted by Gasteiger charge is 2.32. The Morgan fingerprint density at radius 1 is 1.42 bits per heavy atom. The first-order valence-electron chi connectivity index (χ1n) is 4.45. The summed E-state index contributed by atoms with van der Waals surface area (Å²) in [6, 6.07) is 2.72. The van der Waals surface area contributed by atoms with Crippen LogP contribution in [0.25, 0.3) is 0 Å². The smallest absolute Gasteiger partial charge is 0.111 e. The summed E-state index contributed by atoms with van der Waals surface area (Å²) in [6.07, 6.45) is 1.61. The molecule has 68 valence electrons. The molecule has 0 amide bonds. The summed E-state index contributed by atoms with van der Waals surface area (Å²) in [5.41, 5.74) is -0.327. The van der Waals surface area contributed by atoms with Crippen LogP contribution in [0.3, 0.4) is 0 Å². The van der Waals surface area contributed by atoms with Crippen LogP contribution < -0.4 is 5.32 Å². The van der Waals surface area contributed by atoms with Gasteiger partial charge in [0.25, 0.3) is 0 Å². The first-order chi connectivity index (χ1) is 5.68. The van der Waals surface area contributed by atoms with E-state index in [1.807, 2.05) is 0 Å². The van der Waals surface area contributed by atoms with E-state index < -0.39 is 0 Å². The van der Waals surface area contributed by atoms with E-state index in [-0.39, 0.29) is 5.54 Å². The van der Waals surface area contributed by atoms with E-state index in [1.54, 1.807) is 0 Å². The van der Waals surface area contributed by atoms with Crippen molar-refractivity contribution in [2.45, 2.75) is 38.3 Å². The van der Waals surface area contributed by atoms with E-state index in [2.05, 4.69) is 25.2 Å². The van der Waals surface area contributed by atoms with Crippen LogP contribution in [0.2, 0.25) is 0 Å². The molecule has 1 fully saturated rings. The van der Waals surface area contributed by atoms with Crippen LogP contribution in [0.1, 0.15) is 26.7 Å². The lowest BCUT2D eigenvalue weighted by molar-refractivity contribution is 0.0553. The molecule has 0 aromatic carbocycles. The van der Waals surface area contributed by atoms with Crippen molar-refractivity contribution < 1.29 is 4.74 Å². The van der Waals surface area contributed by atoms with Crippen molar-refractivity contribution in [3.63, 3.8) is 0 Å². The van der Waals surface area contributed by atoms with Crippen LogP contribution in [-0.2, 0) is 4.74 Å². The second-order valence-electron chi connectivity index (χ2n) is 3.61. The molecule has 0 bridgehead atoms. The molecule has 0 aromatic heterocycles. The molecule has 1 N–H and O–H groups in total. The molecule has 0 spiro atoms. The average Bonchev–Trinajstić information content (AvgIpc) is 2.05. The maximum absolute atomic E-state index is 9.02.